The van der Waals surface area contributed by atoms with Gasteiger partial charge in [-0.1, -0.05) is 109 Å². The minimum atomic E-state index is 0.488. The third-order valence-electron chi connectivity index (χ3n) is 14.6. The first-order valence-electron chi connectivity index (χ1n) is 25.1. The van der Waals surface area contributed by atoms with Crippen LogP contribution < -0.4 is 0 Å². The van der Waals surface area contributed by atoms with Gasteiger partial charge in [0.25, 0.3) is 0 Å². The molecule has 0 atom stereocenters. The van der Waals surface area contributed by atoms with Crippen molar-refractivity contribution in [3.8, 4) is 73.7 Å². The van der Waals surface area contributed by atoms with Gasteiger partial charge >= 0.3 is 0 Å². The summed E-state index contributed by atoms with van der Waals surface area (Å²) in [4.78, 5) is 23.9. The van der Waals surface area contributed by atoms with Gasteiger partial charge in [-0.3, -0.25) is 9.97 Å². The Labute approximate surface area is 430 Å². The van der Waals surface area contributed by atoms with E-state index in [2.05, 4.69) is 230 Å². The Morgan fingerprint density at radius 2 is 0.547 bits per heavy atom. The highest BCUT2D eigenvalue weighted by Crippen LogP contribution is 2.41. The molecule has 15 aromatic rings. The summed E-state index contributed by atoms with van der Waals surface area (Å²) in [7, 11) is 0. The third-order valence-corrected chi connectivity index (χ3v) is 14.6. The Balaban J connectivity index is 0.897. The molecule has 0 aliphatic heterocycles. The average molecular weight is 959 g/mol. The van der Waals surface area contributed by atoms with Crippen molar-refractivity contribution in [3.05, 3.63) is 255 Å². The Bertz CT molecular complexity index is 4400. The van der Waals surface area contributed by atoms with E-state index in [9.17, 15) is 0 Å². The molecule has 0 unspecified atom stereocenters. The van der Waals surface area contributed by atoms with Crippen LogP contribution in [0.5, 0.6) is 0 Å². The molecule has 75 heavy (non-hydrogen) atoms. The molecule has 0 aliphatic carbocycles. The molecule has 0 amide bonds. The molecule has 8 nitrogen and oxygen atoms in total. The standard InChI is InChI=1S/C67H42N8/c1-3-15-48(16-4-1)73-59-23-9-7-19-51(59)53-39-44(27-33-61(53)73)46-29-35-63-55(41-46)56-42-47(45-28-34-62-54(40-45)52-20-8-10-24-60(52)74(62)49-17-5-2-6-18-49)30-36-64(56)75(63)50-31-25-43(26-32-50)65-70-66(57-21-11-13-37-68-57)72-67(71-65)58-22-12-14-38-69-58/h1-42H. The van der Waals surface area contributed by atoms with E-state index in [1.54, 1.807) is 12.4 Å². The van der Waals surface area contributed by atoms with E-state index in [-0.39, 0.29) is 0 Å². The first-order chi connectivity index (χ1) is 37.2. The van der Waals surface area contributed by atoms with Gasteiger partial charge in [0.2, 0.25) is 0 Å². The normalized spacial score (nSPS) is 11.7. The van der Waals surface area contributed by atoms with Gasteiger partial charge in [0, 0.05) is 67.3 Å². The molecule has 350 valence electrons. The predicted molar refractivity (Wildman–Crippen MR) is 306 cm³/mol. The summed E-state index contributed by atoms with van der Waals surface area (Å²) in [6.45, 7) is 0. The van der Waals surface area contributed by atoms with E-state index < -0.39 is 0 Å². The molecule has 0 aliphatic rings. The largest absolute Gasteiger partial charge is 0.309 e. The van der Waals surface area contributed by atoms with Crippen molar-refractivity contribution >= 4 is 65.4 Å². The van der Waals surface area contributed by atoms with Crippen molar-refractivity contribution in [1.82, 2.24) is 38.6 Å². The minimum absolute atomic E-state index is 0.488. The first kappa shape index (κ1) is 42.4. The van der Waals surface area contributed by atoms with Gasteiger partial charge in [0.15, 0.2) is 17.5 Å². The quantitative estimate of drug-likeness (QED) is 0.152. The number of fused-ring (bicyclic) bond motifs is 9. The molecule has 15 rings (SSSR count). The Hall–Kier alpha value is -10.3. The number of benzene rings is 9. The van der Waals surface area contributed by atoms with Crippen LogP contribution in [0.15, 0.2) is 255 Å². The monoisotopic (exact) mass is 958 g/mol. The van der Waals surface area contributed by atoms with Gasteiger partial charge < -0.3 is 13.7 Å². The van der Waals surface area contributed by atoms with E-state index in [0.717, 1.165) is 55.9 Å². The SMILES string of the molecule is c1ccc(-n2c3ccccc3c3cc(-c4ccc5c(c4)c4cc(-c6ccc7c(c6)c6ccccc6n7-c6ccccc6)ccc4n5-c4ccc(-c5nc(-c6ccccn6)nc(-c6ccccn6)n5)cc4)ccc32)cc1. The zero-order valence-electron chi connectivity index (χ0n) is 40.3. The molecule has 6 heterocycles. The molecule has 8 heteroatoms. The van der Waals surface area contributed by atoms with E-state index >= 15 is 0 Å². The maximum atomic E-state index is 4.95. The highest BCUT2D eigenvalue weighted by Gasteiger charge is 2.20. The van der Waals surface area contributed by atoms with E-state index in [0.29, 0.717) is 28.9 Å². The zero-order valence-corrected chi connectivity index (χ0v) is 40.3. The minimum Gasteiger partial charge on any atom is -0.309 e. The lowest BCUT2D eigenvalue weighted by Crippen LogP contribution is -2.02. The maximum absolute atomic E-state index is 4.95. The van der Waals surface area contributed by atoms with Gasteiger partial charge in [-0.2, -0.15) is 0 Å². The summed E-state index contributed by atoms with van der Waals surface area (Å²) >= 11 is 0. The molecule has 0 N–H and O–H groups in total. The number of rotatable bonds is 8. The van der Waals surface area contributed by atoms with Crippen LogP contribution in [-0.4, -0.2) is 38.6 Å². The summed E-state index contributed by atoms with van der Waals surface area (Å²) in [5.41, 5.74) is 17.1. The van der Waals surface area contributed by atoms with Gasteiger partial charge in [0.1, 0.15) is 11.4 Å². The van der Waals surface area contributed by atoms with Crippen LogP contribution in [0.25, 0.3) is 139 Å². The summed E-state index contributed by atoms with van der Waals surface area (Å²) < 4.78 is 7.12. The third kappa shape index (κ3) is 7.03. The number of para-hydroxylation sites is 4. The van der Waals surface area contributed by atoms with Gasteiger partial charge in [-0.05, 0) is 156 Å². The fraction of sp³-hybridized carbons (Fsp3) is 0. The zero-order chi connectivity index (χ0) is 49.4. The molecule has 9 aromatic carbocycles. The van der Waals surface area contributed by atoms with Crippen LogP contribution in [0, 0.1) is 0 Å². The Morgan fingerprint density at radius 3 is 0.947 bits per heavy atom. The lowest BCUT2D eigenvalue weighted by atomic mass is 9.98. The smallest absolute Gasteiger partial charge is 0.182 e. The summed E-state index contributed by atoms with van der Waals surface area (Å²) in [5, 5.41) is 7.23. The molecule has 0 radical (unpaired) electrons. The van der Waals surface area contributed by atoms with Gasteiger partial charge in [-0.15, -0.1) is 0 Å². The number of hydrogen-bond donors (Lipinski definition) is 0. The second-order valence-corrected chi connectivity index (χ2v) is 18.9. The maximum Gasteiger partial charge on any atom is 0.182 e. The molecule has 0 saturated carbocycles. The molecular formula is C67H42N8. The predicted octanol–water partition coefficient (Wildman–Crippen LogP) is 16.3. The van der Waals surface area contributed by atoms with Crippen molar-refractivity contribution in [2.45, 2.75) is 0 Å². The van der Waals surface area contributed by atoms with Crippen LogP contribution in [0.2, 0.25) is 0 Å². The summed E-state index contributed by atoms with van der Waals surface area (Å²) in [5.74, 6) is 1.52. The second kappa shape index (κ2) is 17.2. The fourth-order valence-electron chi connectivity index (χ4n) is 11.2. The summed E-state index contributed by atoms with van der Waals surface area (Å²) in [6.07, 6.45) is 3.50. The molecule has 0 fully saturated rings. The van der Waals surface area contributed by atoms with E-state index in [4.69, 9.17) is 15.0 Å². The molecule has 0 saturated heterocycles. The van der Waals surface area contributed by atoms with Gasteiger partial charge in [-0.25, -0.2) is 15.0 Å². The van der Waals surface area contributed by atoms with Crippen molar-refractivity contribution in [1.29, 1.82) is 0 Å². The van der Waals surface area contributed by atoms with Crippen LogP contribution in [0.3, 0.4) is 0 Å². The molecule has 6 aromatic heterocycles. The van der Waals surface area contributed by atoms with Crippen LogP contribution >= 0.6 is 0 Å². The van der Waals surface area contributed by atoms with Crippen molar-refractivity contribution < 1.29 is 0 Å². The van der Waals surface area contributed by atoms with Crippen molar-refractivity contribution in [3.63, 3.8) is 0 Å². The highest BCUT2D eigenvalue weighted by molar-refractivity contribution is 6.14. The lowest BCUT2D eigenvalue weighted by molar-refractivity contribution is 1.04. The number of hydrogen-bond acceptors (Lipinski definition) is 5. The number of aromatic nitrogens is 8. The summed E-state index contributed by atoms with van der Waals surface area (Å²) in [6, 6.07) is 86.4. The van der Waals surface area contributed by atoms with Crippen LogP contribution in [0.4, 0.5) is 0 Å². The van der Waals surface area contributed by atoms with Crippen molar-refractivity contribution in [2.24, 2.45) is 0 Å². The first-order valence-corrected chi connectivity index (χ1v) is 25.1. The van der Waals surface area contributed by atoms with E-state index in [1.807, 2.05) is 36.4 Å². The molecular weight excluding hydrogens is 917 g/mol. The Morgan fingerprint density at radius 1 is 0.227 bits per heavy atom. The molecule has 0 bridgehead atoms. The highest BCUT2D eigenvalue weighted by atomic mass is 15.1. The fourth-order valence-corrected chi connectivity index (χ4v) is 11.2. The topological polar surface area (TPSA) is 79.2 Å². The number of pyridine rings is 2. The van der Waals surface area contributed by atoms with Crippen molar-refractivity contribution in [2.75, 3.05) is 0 Å². The van der Waals surface area contributed by atoms with E-state index in [1.165, 1.54) is 54.4 Å². The Kier molecular flexibility index (Phi) is 9.71. The van der Waals surface area contributed by atoms with Crippen LogP contribution in [-0.2, 0) is 0 Å². The van der Waals surface area contributed by atoms with Crippen LogP contribution in [0.1, 0.15) is 0 Å². The second-order valence-electron chi connectivity index (χ2n) is 18.9. The molecule has 0 spiro atoms. The number of nitrogens with zero attached hydrogens (tertiary/aromatic N) is 8. The van der Waals surface area contributed by atoms with Gasteiger partial charge in [0.05, 0.1) is 33.1 Å². The average Bonchev–Trinajstić information content (AvgIpc) is 4.13. The lowest BCUT2D eigenvalue weighted by Gasteiger charge is -2.11.